The zero-order chi connectivity index (χ0) is 17.0. The molecule has 1 aromatic carbocycles. The van der Waals surface area contributed by atoms with E-state index in [4.69, 9.17) is 9.47 Å². The van der Waals surface area contributed by atoms with Gasteiger partial charge < -0.3 is 0 Å². The molecule has 126 valence electrons. The summed E-state index contributed by atoms with van der Waals surface area (Å²) in [4.78, 5) is 26.2. The molecule has 6 heteroatoms. The quantitative estimate of drug-likeness (QED) is 0.745. The fraction of sp³-hybridized carbons (Fsp3) is 0.529. The number of carbonyl (C=O) groups excluding carboxylic acids is 2. The number of hydrogen-bond acceptors (Lipinski definition) is 4. The molecule has 0 aliphatic carbocycles. The van der Waals surface area contributed by atoms with E-state index < -0.39 is 11.7 Å². The number of methoxy groups -OCH3 is 1. The van der Waals surface area contributed by atoms with Gasteiger partial charge in [0.2, 0.25) is 0 Å². The first-order chi connectivity index (χ1) is 10.8. The van der Waals surface area contributed by atoms with Crippen LogP contribution in [0.15, 0.2) is 30.3 Å². The second-order valence-electron chi connectivity index (χ2n) is 6.45. The molecule has 0 N–H and O–H groups in total. The maximum atomic E-state index is 12.7. The molecule has 1 unspecified atom stereocenters. The van der Waals surface area contributed by atoms with Gasteiger partial charge in [-0.3, -0.25) is 0 Å². The van der Waals surface area contributed by atoms with Crippen molar-refractivity contribution in [1.82, 2.24) is 4.90 Å². The summed E-state index contributed by atoms with van der Waals surface area (Å²) in [7, 11) is 1.58. The fourth-order valence-corrected chi connectivity index (χ4v) is 4.90. The molecule has 1 heterocycles. The Bertz CT molecular complexity index is 555. The van der Waals surface area contributed by atoms with E-state index in [0.29, 0.717) is 13.0 Å². The maximum absolute atomic E-state index is 12.7. The van der Waals surface area contributed by atoms with Crippen LogP contribution in [-0.2, 0) is 14.3 Å². The average Bonchev–Trinajstić information content (AvgIpc) is 2.75. The van der Waals surface area contributed by atoms with E-state index in [-0.39, 0.29) is 31.7 Å². The molecule has 0 aromatic heterocycles. The third-order valence-electron chi connectivity index (χ3n) is 3.33. The predicted molar refractivity (Wildman–Crippen MR) is 88.9 cm³/mol. The Morgan fingerprint density at radius 1 is 1.30 bits per heavy atom. The van der Waals surface area contributed by atoms with Crippen LogP contribution in [0.4, 0.5) is 4.79 Å². The van der Waals surface area contributed by atoms with Crippen molar-refractivity contribution in [2.75, 3.05) is 13.7 Å². The molecule has 1 aromatic rings. The summed E-state index contributed by atoms with van der Waals surface area (Å²) < 4.78 is 11.7. The van der Waals surface area contributed by atoms with E-state index in [1.54, 1.807) is 27.9 Å². The standard InChI is InChI=1S/C17H23NO4Se/c1-17(2,3)22-16(20)18-12(11-21-4)10-14(15(18)19)23-13-8-6-5-7-9-13/h5-9,12,14H,10-11H2,1-4H3/t12-,14?/m0/s1. The van der Waals surface area contributed by atoms with Crippen LogP contribution in [0.25, 0.3) is 0 Å². The van der Waals surface area contributed by atoms with E-state index in [1.165, 1.54) is 4.90 Å². The van der Waals surface area contributed by atoms with Crippen LogP contribution in [0.1, 0.15) is 27.2 Å². The van der Waals surface area contributed by atoms with Gasteiger partial charge >= 0.3 is 143 Å². The molecule has 23 heavy (non-hydrogen) atoms. The Kier molecular flexibility index (Phi) is 5.84. The van der Waals surface area contributed by atoms with E-state index in [1.807, 2.05) is 30.3 Å². The molecule has 5 nitrogen and oxygen atoms in total. The predicted octanol–water partition coefficient (Wildman–Crippen LogP) is 1.99. The summed E-state index contributed by atoms with van der Waals surface area (Å²) in [5.74, 6) is -0.148. The van der Waals surface area contributed by atoms with Gasteiger partial charge in [-0.2, -0.15) is 0 Å². The summed E-state index contributed by atoms with van der Waals surface area (Å²) in [5.41, 5.74) is -0.627. The normalized spacial score (nSPS) is 21.6. The summed E-state index contributed by atoms with van der Waals surface area (Å²) in [5, 5.41) is 0. The summed E-state index contributed by atoms with van der Waals surface area (Å²) in [6.07, 6.45) is 0.0526. The number of carbonyl (C=O) groups is 2. The molecule has 1 aliphatic heterocycles. The Labute approximate surface area is 143 Å². The van der Waals surface area contributed by atoms with Gasteiger partial charge in [0, 0.05) is 0 Å². The van der Waals surface area contributed by atoms with Gasteiger partial charge in [0.05, 0.1) is 0 Å². The van der Waals surface area contributed by atoms with Crippen molar-refractivity contribution >= 4 is 31.4 Å². The number of hydrogen-bond donors (Lipinski definition) is 0. The van der Waals surface area contributed by atoms with Crippen LogP contribution < -0.4 is 4.46 Å². The average molecular weight is 384 g/mol. The molecule has 2 rings (SSSR count). The number of benzene rings is 1. The molecule has 1 saturated heterocycles. The second-order valence-corrected chi connectivity index (χ2v) is 9.13. The fourth-order valence-electron chi connectivity index (χ4n) is 2.44. The van der Waals surface area contributed by atoms with Crippen LogP contribution in [-0.4, -0.2) is 57.2 Å². The van der Waals surface area contributed by atoms with E-state index >= 15 is 0 Å². The molecule has 0 saturated carbocycles. The molecule has 2 atom stereocenters. The van der Waals surface area contributed by atoms with Crippen molar-refractivity contribution in [2.45, 2.75) is 43.7 Å². The first-order valence-corrected chi connectivity index (χ1v) is 9.43. The van der Waals surface area contributed by atoms with Crippen molar-refractivity contribution in [3.05, 3.63) is 30.3 Å². The SMILES string of the molecule is COC[C@@H]1CC([Se]c2ccccc2)C(=O)N1C(=O)OC(C)(C)C. The molecule has 0 bridgehead atoms. The van der Waals surface area contributed by atoms with E-state index in [9.17, 15) is 9.59 Å². The molecule has 2 amide bonds. The Morgan fingerprint density at radius 3 is 2.52 bits per heavy atom. The van der Waals surface area contributed by atoms with Gasteiger partial charge in [0.25, 0.3) is 0 Å². The monoisotopic (exact) mass is 385 g/mol. The van der Waals surface area contributed by atoms with Crippen molar-refractivity contribution in [3.8, 4) is 0 Å². The van der Waals surface area contributed by atoms with Gasteiger partial charge in [-0.15, -0.1) is 0 Å². The van der Waals surface area contributed by atoms with Crippen molar-refractivity contribution in [1.29, 1.82) is 0 Å². The van der Waals surface area contributed by atoms with E-state index in [2.05, 4.69) is 0 Å². The topological polar surface area (TPSA) is 55.8 Å². The minimum absolute atomic E-state index is 0.0128. The zero-order valence-electron chi connectivity index (χ0n) is 13.9. The number of amides is 2. The molecule has 1 fully saturated rings. The molecular formula is C17H23NO4Se. The second kappa shape index (κ2) is 7.47. The molecular weight excluding hydrogens is 361 g/mol. The van der Waals surface area contributed by atoms with E-state index in [0.717, 1.165) is 4.46 Å². The molecule has 0 spiro atoms. The third kappa shape index (κ3) is 4.80. The number of likely N-dealkylation sites (tertiary alicyclic amines) is 1. The van der Waals surface area contributed by atoms with Gasteiger partial charge in [-0.05, 0) is 0 Å². The summed E-state index contributed by atoms with van der Waals surface area (Å²) in [6, 6.07) is 9.68. The van der Waals surface area contributed by atoms with Crippen molar-refractivity contribution < 1.29 is 19.1 Å². The van der Waals surface area contributed by atoms with Gasteiger partial charge in [0.1, 0.15) is 0 Å². The van der Waals surface area contributed by atoms with Crippen LogP contribution in [0.2, 0.25) is 4.82 Å². The van der Waals surface area contributed by atoms with Gasteiger partial charge in [-0.1, -0.05) is 0 Å². The number of nitrogens with zero attached hydrogens (tertiary/aromatic N) is 1. The molecule has 1 aliphatic rings. The number of ether oxygens (including phenoxy) is 2. The minimum atomic E-state index is -0.627. The van der Waals surface area contributed by atoms with Gasteiger partial charge in [0.15, 0.2) is 0 Å². The Morgan fingerprint density at radius 2 is 1.96 bits per heavy atom. The third-order valence-corrected chi connectivity index (χ3v) is 5.90. The van der Waals surface area contributed by atoms with Crippen LogP contribution in [0, 0.1) is 0 Å². The van der Waals surface area contributed by atoms with Crippen molar-refractivity contribution in [2.24, 2.45) is 0 Å². The number of rotatable bonds is 4. The Balaban J connectivity index is 2.13. The zero-order valence-corrected chi connectivity index (χ0v) is 15.7. The molecule has 0 radical (unpaired) electrons. The van der Waals surface area contributed by atoms with Crippen LogP contribution in [0.5, 0.6) is 0 Å². The van der Waals surface area contributed by atoms with Crippen LogP contribution in [0.3, 0.4) is 0 Å². The Hall–Kier alpha value is -1.36. The number of imide groups is 1. The summed E-state index contributed by atoms with van der Waals surface area (Å²) >= 11 is -0.0128. The van der Waals surface area contributed by atoms with Crippen molar-refractivity contribution in [3.63, 3.8) is 0 Å². The van der Waals surface area contributed by atoms with Gasteiger partial charge in [-0.25, -0.2) is 0 Å². The van der Waals surface area contributed by atoms with Crippen LogP contribution >= 0.6 is 0 Å². The first kappa shape index (κ1) is 18.0. The summed E-state index contributed by atoms with van der Waals surface area (Å²) in [6.45, 7) is 5.72. The first-order valence-electron chi connectivity index (χ1n) is 7.58.